The molecule has 2 aromatic rings. The van der Waals surface area contributed by atoms with Crippen molar-refractivity contribution in [3.63, 3.8) is 0 Å². The van der Waals surface area contributed by atoms with Gasteiger partial charge in [-0.2, -0.15) is 0 Å². The van der Waals surface area contributed by atoms with Gasteiger partial charge in [0, 0.05) is 17.8 Å². The normalized spacial score (nSPS) is 13.8. The summed E-state index contributed by atoms with van der Waals surface area (Å²) in [6.07, 6.45) is 4.85. The van der Waals surface area contributed by atoms with Crippen LogP contribution in [0.1, 0.15) is 29.5 Å². The Hall–Kier alpha value is -1.67. The fourth-order valence-corrected chi connectivity index (χ4v) is 3.03. The fraction of sp³-hybridized carbons (Fsp3) is 0.294. The van der Waals surface area contributed by atoms with Gasteiger partial charge >= 0.3 is 0 Å². The van der Waals surface area contributed by atoms with Crippen molar-refractivity contribution >= 4 is 17.3 Å². The first-order chi connectivity index (χ1) is 9.75. The molecule has 104 valence electrons. The van der Waals surface area contributed by atoms with Crippen LogP contribution in [0.2, 0.25) is 5.02 Å². The SMILES string of the molecule is Oc1c(Cl)cccc1CNc1cccc2c1CCCC2. The van der Waals surface area contributed by atoms with Crippen LogP contribution in [0.3, 0.4) is 0 Å². The van der Waals surface area contributed by atoms with Gasteiger partial charge < -0.3 is 10.4 Å². The smallest absolute Gasteiger partial charge is 0.139 e. The monoisotopic (exact) mass is 287 g/mol. The maximum Gasteiger partial charge on any atom is 0.139 e. The van der Waals surface area contributed by atoms with Gasteiger partial charge in [0.15, 0.2) is 0 Å². The lowest BCUT2D eigenvalue weighted by molar-refractivity contribution is 0.469. The summed E-state index contributed by atoms with van der Waals surface area (Å²) in [5, 5.41) is 13.8. The van der Waals surface area contributed by atoms with Crippen molar-refractivity contribution in [2.45, 2.75) is 32.2 Å². The molecule has 3 heteroatoms. The zero-order valence-electron chi connectivity index (χ0n) is 11.3. The molecule has 0 bridgehead atoms. The van der Waals surface area contributed by atoms with E-state index in [9.17, 15) is 5.11 Å². The van der Waals surface area contributed by atoms with E-state index in [1.165, 1.54) is 36.1 Å². The summed E-state index contributed by atoms with van der Waals surface area (Å²) in [5.74, 6) is 0.173. The van der Waals surface area contributed by atoms with Crippen LogP contribution < -0.4 is 5.32 Å². The van der Waals surface area contributed by atoms with Crippen LogP contribution in [0.25, 0.3) is 0 Å². The average molecular weight is 288 g/mol. The van der Waals surface area contributed by atoms with Crippen molar-refractivity contribution in [3.05, 3.63) is 58.1 Å². The molecular formula is C17H18ClNO. The number of aryl methyl sites for hydroxylation is 1. The van der Waals surface area contributed by atoms with Gasteiger partial charge in [-0.25, -0.2) is 0 Å². The van der Waals surface area contributed by atoms with Crippen LogP contribution in [0.4, 0.5) is 5.69 Å². The maximum atomic E-state index is 9.94. The number of hydrogen-bond acceptors (Lipinski definition) is 2. The average Bonchev–Trinajstić information content (AvgIpc) is 2.49. The summed E-state index contributed by atoms with van der Waals surface area (Å²) in [6, 6.07) is 11.9. The van der Waals surface area contributed by atoms with Crippen molar-refractivity contribution in [3.8, 4) is 5.75 Å². The largest absolute Gasteiger partial charge is 0.506 e. The van der Waals surface area contributed by atoms with E-state index < -0.39 is 0 Å². The molecule has 2 N–H and O–H groups in total. The Morgan fingerprint density at radius 1 is 1.05 bits per heavy atom. The lowest BCUT2D eigenvalue weighted by Crippen LogP contribution is -2.08. The molecule has 0 aliphatic heterocycles. The topological polar surface area (TPSA) is 32.3 Å². The Morgan fingerprint density at radius 2 is 1.85 bits per heavy atom. The predicted molar refractivity (Wildman–Crippen MR) is 83.5 cm³/mol. The van der Waals surface area contributed by atoms with E-state index in [0.29, 0.717) is 11.6 Å². The Labute approximate surface area is 124 Å². The quantitative estimate of drug-likeness (QED) is 0.869. The van der Waals surface area contributed by atoms with Gasteiger partial charge in [-0.3, -0.25) is 0 Å². The zero-order valence-corrected chi connectivity index (χ0v) is 12.1. The molecule has 0 unspecified atom stereocenters. The highest BCUT2D eigenvalue weighted by Crippen LogP contribution is 2.30. The minimum absolute atomic E-state index is 0.173. The molecule has 2 nitrogen and oxygen atoms in total. The van der Waals surface area contributed by atoms with Gasteiger partial charge in [-0.1, -0.05) is 35.9 Å². The molecule has 2 aromatic carbocycles. The summed E-state index contributed by atoms with van der Waals surface area (Å²) >= 11 is 5.93. The minimum Gasteiger partial charge on any atom is -0.506 e. The number of nitrogens with one attached hydrogen (secondary N) is 1. The van der Waals surface area contributed by atoms with E-state index in [2.05, 4.69) is 23.5 Å². The summed E-state index contributed by atoms with van der Waals surface area (Å²) in [4.78, 5) is 0. The number of phenolic OH excluding ortho intramolecular Hbond substituents is 1. The van der Waals surface area contributed by atoms with Crippen molar-refractivity contribution in [1.82, 2.24) is 0 Å². The first kappa shape index (κ1) is 13.3. The number of halogens is 1. The third-order valence-corrected chi connectivity index (χ3v) is 4.24. The van der Waals surface area contributed by atoms with E-state index >= 15 is 0 Å². The summed E-state index contributed by atoms with van der Waals surface area (Å²) in [7, 11) is 0. The molecule has 0 radical (unpaired) electrons. The standard InChI is InChI=1S/C17H18ClNO/c18-15-9-3-7-13(17(15)20)11-19-16-10-4-6-12-5-1-2-8-14(12)16/h3-4,6-7,9-10,19-20H,1-2,5,8,11H2. The number of fused-ring (bicyclic) bond motifs is 1. The van der Waals surface area contributed by atoms with E-state index in [4.69, 9.17) is 11.6 Å². The number of benzene rings is 2. The van der Waals surface area contributed by atoms with Crippen molar-refractivity contribution in [1.29, 1.82) is 0 Å². The van der Waals surface area contributed by atoms with Gasteiger partial charge in [0.05, 0.1) is 5.02 Å². The van der Waals surface area contributed by atoms with Gasteiger partial charge in [0.25, 0.3) is 0 Å². The van der Waals surface area contributed by atoms with Crippen molar-refractivity contribution in [2.75, 3.05) is 5.32 Å². The van der Waals surface area contributed by atoms with Gasteiger partial charge in [-0.05, 0) is 48.9 Å². The number of para-hydroxylation sites is 1. The highest BCUT2D eigenvalue weighted by molar-refractivity contribution is 6.32. The molecule has 0 amide bonds. The Bertz CT molecular complexity index is 624. The Balaban J connectivity index is 1.80. The molecule has 0 spiro atoms. The van der Waals surface area contributed by atoms with Gasteiger partial charge in [0.1, 0.15) is 5.75 Å². The molecule has 0 aromatic heterocycles. The van der Waals surface area contributed by atoms with Gasteiger partial charge in [-0.15, -0.1) is 0 Å². The molecular weight excluding hydrogens is 270 g/mol. The lowest BCUT2D eigenvalue weighted by Gasteiger charge is -2.20. The Kier molecular flexibility index (Phi) is 3.83. The van der Waals surface area contributed by atoms with E-state index in [0.717, 1.165) is 12.0 Å². The van der Waals surface area contributed by atoms with Crippen LogP contribution in [-0.4, -0.2) is 5.11 Å². The van der Waals surface area contributed by atoms with Crippen molar-refractivity contribution in [2.24, 2.45) is 0 Å². The highest BCUT2D eigenvalue weighted by atomic mass is 35.5. The Morgan fingerprint density at radius 3 is 2.75 bits per heavy atom. The molecule has 0 saturated heterocycles. The lowest BCUT2D eigenvalue weighted by atomic mass is 9.90. The number of aromatic hydroxyl groups is 1. The highest BCUT2D eigenvalue weighted by Gasteiger charge is 2.13. The summed E-state index contributed by atoms with van der Waals surface area (Å²) in [5.41, 5.74) is 4.89. The molecule has 0 fully saturated rings. The molecule has 3 rings (SSSR count). The fourth-order valence-electron chi connectivity index (χ4n) is 2.84. The molecule has 1 aliphatic carbocycles. The third-order valence-electron chi connectivity index (χ3n) is 3.94. The second-order valence-electron chi connectivity index (χ2n) is 5.25. The first-order valence-corrected chi connectivity index (χ1v) is 7.44. The third kappa shape index (κ3) is 2.61. The molecule has 1 aliphatic rings. The van der Waals surface area contributed by atoms with Crippen LogP contribution in [0.15, 0.2) is 36.4 Å². The molecule has 0 heterocycles. The second-order valence-corrected chi connectivity index (χ2v) is 5.66. The number of hydrogen-bond donors (Lipinski definition) is 2. The van der Waals surface area contributed by atoms with Crippen LogP contribution >= 0.6 is 11.6 Å². The summed E-state index contributed by atoms with van der Waals surface area (Å²) in [6.45, 7) is 0.586. The summed E-state index contributed by atoms with van der Waals surface area (Å²) < 4.78 is 0. The predicted octanol–water partition coefficient (Wildman–Crippen LogP) is 4.54. The number of rotatable bonds is 3. The van der Waals surface area contributed by atoms with E-state index in [-0.39, 0.29) is 5.75 Å². The zero-order chi connectivity index (χ0) is 13.9. The van der Waals surface area contributed by atoms with Crippen LogP contribution in [0.5, 0.6) is 5.75 Å². The molecule has 0 saturated carbocycles. The first-order valence-electron chi connectivity index (χ1n) is 7.06. The number of phenols is 1. The van der Waals surface area contributed by atoms with Crippen molar-refractivity contribution < 1.29 is 5.11 Å². The second kappa shape index (κ2) is 5.76. The van der Waals surface area contributed by atoms with E-state index in [1.807, 2.05) is 12.1 Å². The van der Waals surface area contributed by atoms with E-state index in [1.54, 1.807) is 6.07 Å². The molecule has 20 heavy (non-hydrogen) atoms. The molecule has 0 atom stereocenters. The van der Waals surface area contributed by atoms with Gasteiger partial charge in [0.2, 0.25) is 0 Å². The van der Waals surface area contributed by atoms with Crippen LogP contribution in [0, 0.1) is 0 Å². The minimum atomic E-state index is 0.173. The van der Waals surface area contributed by atoms with Crippen LogP contribution in [-0.2, 0) is 19.4 Å². The number of anilines is 1. The maximum absolute atomic E-state index is 9.94.